The Kier molecular flexibility index (Phi) is 10.5. The summed E-state index contributed by atoms with van der Waals surface area (Å²) < 4.78 is 21.8. The van der Waals surface area contributed by atoms with Gasteiger partial charge in [-0.1, -0.05) is 26.0 Å². The monoisotopic (exact) mass is 345 g/mol. The van der Waals surface area contributed by atoms with Crippen molar-refractivity contribution in [1.82, 2.24) is 9.21 Å². The molecule has 0 saturated carbocycles. The molecule has 6 heteroatoms. The summed E-state index contributed by atoms with van der Waals surface area (Å²) in [6.45, 7) is 9.93. The number of nitrogens with one attached hydrogen (secondary N) is 1. The summed E-state index contributed by atoms with van der Waals surface area (Å²) in [6, 6.07) is 8.33. The van der Waals surface area contributed by atoms with Crippen molar-refractivity contribution in [2.75, 3.05) is 39.5 Å². The number of benzene rings is 1. The number of anilines is 1. The molecule has 0 amide bonds. The number of rotatable bonds is 8. The van der Waals surface area contributed by atoms with Gasteiger partial charge in [-0.15, -0.1) is 10.8 Å². The van der Waals surface area contributed by atoms with Crippen LogP contribution in [-0.4, -0.2) is 57.8 Å². The van der Waals surface area contributed by atoms with Crippen LogP contribution in [0.1, 0.15) is 33.3 Å². The third-order valence-electron chi connectivity index (χ3n) is 3.58. The molecule has 5 nitrogen and oxygen atoms in total. The number of likely N-dealkylation sites (N-methyl/N-ethyl adjacent to an activating group) is 2. The van der Waals surface area contributed by atoms with E-state index < -0.39 is 10.8 Å². The van der Waals surface area contributed by atoms with Gasteiger partial charge in [0.05, 0.1) is 5.25 Å². The van der Waals surface area contributed by atoms with Crippen LogP contribution in [0.5, 0.6) is 0 Å². The van der Waals surface area contributed by atoms with Gasteiger partial charge in [-0.05, 0) is 38.6 Å². The van der Waals surface area contributed by atoms with Crippen LogP contribution in [0.15, 0.2) is 24.3 Å². The second kappa shape index (κ2) is 10.9. The Bertz CT molecular complexity index is 424. The third-order valence-corrected chi connectivity index (χ3v) is 5.95. The van der Waals surface area contributed by atoms with Crippen molar-refractivity contribution in [3.05, 3.63) is 29.8 Å². The van der Waals surface area contributed by atoms with E-state index >= 15 is 0 Å². The predicted molar refractivity (Wildman–Crippen MR) is 104 cm³/mol. The van der Waals surface area contributed by atoms with Crippen molar-refractivity contribution in [1.29, 1.82) is 0 Å². The van der Waals surface area contributed by atoms with Gasteiger partial charge in [0.2, 0.25) is 0 Å². The van der Waals surface area contributed by atoms with Gasteiger partial charge in [0, 0.05) is 39.4 Å². The van der Waals surface area contributed by atoms with Crippen LogP contribution in [0.4, 0.5) is 5.69 Å². The Morgan fingerprint density at radius 1 is 1.04 bits per heavy atom. The third kappa shape index (κ3) is 7.54. The minimum Gasteiger partial charge on any atom is -0.388 e. The molecule has 0 radical (unpaired) electrons. The summed E-state index contributed by atoms with van der Waals surface area (Å²) in [4.78, 5) is 2.18. The molecule has 136 valence electrons. The molecular weight excluding hydrogens is 310 g/mol. The van der Waals surface area contributed by atoms with Crippen molar-refractivity contribution in [3.63, 3.8) is 0 Å². The Morgan fingerprint density at radius 3 is 2.00 bits per heavy atom. The highest BCUT2D eigenvalue weighted by Crippen LogP contribution is 2.46. The summed E-state index contributed by atoms with van der Waals surface area (Å²) >= 11 is 0. The Morgan fingerprint density at radius 2 is 1.57 bits per heavy atom. The van der Waals surface area contributed by atoms with Crippen LogP contribution in [-0.2, 0) is 6.54 Å². The molecule has 0 aliphatic carbocycles. The van der Waals surface area contributed by atoms with Crippen LogP contribution < -0.4 is 5.32 Å². The quantitative estimate of drug-likeness (QED) is 0.659. The van der Waals surface area contributed by atoms with Gasteiger partial charge in [-0.25, -0.2) is 4.31 Å². The van der Waals surface area contributed by atoms with Crippen molar-refractivity contribution in [3.8, 4) is 0 Å². The average Bonchev–Trinajstić information content (AvgIpc) is 2.55. The van der Waals surface area contributed by atoms with Gasteiger partial charge in [-0.3, -0.25) is 9.11 Å². The number of hydrogen-bond acceptors (Lipinski definition) is 5. The SMILES string of the molecule is CC.CNc1ccc(CN(C)CCN(C)S(O)(O)C(C)C)cc1. The van der Waals surface area contributed by atoms with E-state index in [0.717, 1.165) is 18.8 Å². The van der Waals surface area contributed by atoms with E-state index in [2.05, 4.69) is 34.5 Å². The van der Waals surface area contributed by atoms with Crippen LogP contribution in [0.3, 0.4) is 0 Å². The lowest BCUT2D eigenvalue weighted by Crippen LogP contribution is -2.35. The molecule has 0 aromatic heterocycles. The molecule has 0 saturated heterocycles. The smallest absolute Gasteiger partial charge is 0.0584 e. The topological polar surface area (TPSA) is 59.0 Å². The lowest BCUT2D eigenvalue weighted by Gasteiger charge is -2.44. The molecule has 0 bridgehead atoms. The summed E-state index contributed by atoms with van der Waals surface area (Å²) in [6.07, 6.45) is 0. The van der Waals surface area contributed by atoms with Crippen molar-refractivity contribution >= 4 is 16.5 Å². The summed E-state index contributed by atoms with van der Waals surface area (Å²) in [5.41, 5.74) is 2.35. The normalized spacial score (nSPS) is 12.3. The van der Waals surface area contributed by atoms with E-state index in [-0.39, 0.29) is 5.25 Å². The van der Waals surface area contributed by atoms with Gasteiger partial charge in [0.1, 0.15) is 0 Å². The highest BCUT2D eigenvalue weighted by Gasteiger charge is 2.22. The van der Waals surface area contributed by atoms with E-state index in [0.29, 0.717) is 6.54 Å². The molecule has 0 fully saturated rings. The lowest BCUT2D eigenvalue weighted by atomic mass is 10.2. The van der Waals surface area contributed by atoms with Gasteiger partial charge >= 0.3 is 0 Å². The van der Waals surface area contributed by atoms with Crippen LogP contribution in [0, 0.1) is 0 Å². The van der Waals surface area contributed by atoms with E-state index in [4.69, 9.17) is 0 Å². The molecule has 23 heavy (non-hydrogen) atoms. The zero-order valence-corrected chi connectivity index (χ0v) is 16.5. The standard InChI is InChI=1S/C15H29N3O2S.C2H6/c1-13(2)21(19,20)18(5)11-10-17(4)12-14-6-8-15(16-3)9-7-14;1-2/h6-9,13,16,19-20H,10-12H2,1-5H3;1-2H3. The zero-order valence-electron chi connectivity index (χ0n) is 15.7. The molecule has 0 atom stereocenters. The van der Waals surface area contributed by atoms with Gasteiger partial charge in [0.15, 0.2) is 0 Å². The Balaban J connectivity index is 0.00000232. The van der Waals surface area contributed by atoms with E-state index in [1.807, 2.05) is 41.8 Å². The average molecular weight is 346 g/mol. The van der Waals surface area contributed by atoms with E-state index in [1.165, 1.54) is 5.56 Å². The second-order valence-electron chi connectivity index (χ2n) is 5.65. The predicted octanol–water partition coefficient (Wildman–Crippen LogP) is 4.19. The summed E-state index contributed by atoms with van der Waals surface area (Å²) in [5, 5.41) is 2.95. The highest BCUT2D eigenvalue weighted by molar-refractivity contribution is 8.22. The largest absolute Gasteiger partial charge is 0.388 e. The van der Waals surface area contributed by atoms with Gasteiger partial charge < -0.3 is 10.2 Å². The van der Waals surface area contributed by atoms with E-state index in [9.17, 15) is 9.11 Å². The minimum atomic E-state index is -2.66. The summed E-state index contributed by atoms with van der Waals surface area (Å²) in [7, 11) is 3.06. The highest BCUT2D eigenvalue weighted by atomic mass is 32.3. The molecule has 0 aliphatic heterocycles. The van der Waals surface area contributed by atoms with Crippen LogP contribution in [0.25, 0.3) is 0 Å². The van der Waals surface area contributed by atoms with E-state index in [1.54, 1.807) is 11.4 Å². The Labute approximate surface area is 144 Å². The number of nitrogens with zero attached hydrogens (tertiary/aromatic N) is 2. The fourth-order valence-corrected chi connectivity index (χ4v) is 3.04. The van der Waals surface area contributed by atoms with Crippen molar-refractivity contribution in [2.24, 2.45) is 0 Å². The van der Waals surface area contributed by atoms with Crippen LogP contribution >= 0.6 is 10.8 Å². The lowest BCUT2D eigenvalue weighted by molar-refractivity contribution is 0.287. The first-order valence-corrected chi connectivity index (χ1v) is 9.77. The molecule has 3 N–H and O–H groups in total. The maximum Gasteiger partial charge on any atom is 0.0584 e. The maximum atomic E-state index is 10.1. The first kappa shape index (κ1) is 22.2. The Hall–Kier alpha value is -0.790. The molecular formula is C17H35N3O2S. The molecule has 1 rings (SSSR count). The summed E-state index contributed by atoms with van der Waals surface area (Å²) in [5.74, 6) is 0. The van der Waals surface area contributed by atoms with Crippen molar-refractivity contribution in [2.45, 2.75) is 39.5 Å². The fraction of sp³-hybridized carbons (Fsp3) is 0.647. The maximum absolute atomic E-state index is 10.1. The molecule has 0 heterocycles. The van der Waals surface area contributed by atoms with Crippen molar-refractivity contribution < 1.29 is 9.11 Å². The zero-order chi connectivity index (χ0) is 18.0. The van der Waals surface area contributed by atoms with Crippen LogP contribution in [0.2, 0.25) is 0 Å². The first-order chi connectivity index (χ1) is 10.8. The van der Waals surface area contributed by atoms with Gasteiger partial charge in [-0.2, -0.15) is 0 Å². The molecule has 0 spiro atoms. The molecule has 1 aromatic carbocycles. The first-order valence-electron chi connectivity index (χ1n) is 8.21. The van der Waals surface area contributed by atoms with Gasteiger partial charge in [0.25, 0.3) is 0 Å². The molecule has 1 aromatic rings. The second-order valence-corrected chi connectivity index (χ2v) is 8.33. The number of hydrogen-bond donors (Lipinski definition) is 3. The fourth-order valence-electron chi connectivity index (χ4n) is 1.97. The minimum absolute atomic E-state index is 0.151. The molecule has 0 aliphatic rings. The molecule has 0 unspecified atom stereocenters.